The zero-order valence-corrected chi connectivity index (χ0v) is 14.1. The van der Waals surface area contributed by atoms with Crippen molar-refractivity contribution >= 4 is 28.3 Å². The maximum Gasteiger partial charge on any atom is 0.0747 e. The van der Waals surface area contributed by atoms with E-state index in [9.17, 15) is 5.11 Å². The highest BCUT2D eigenvalue weighted by Crippen LogP contribution is 2.54. The highest BCUT2D eigenvalue weighted by Gasteiger charge is 2.54. The van der Waals surface area contributed by atoms with Gasteiger partial charge < -0.3 is 10.8 Å². The Morgan fingerprint density at radius 1 is 1.20 bits per heavy atom. The van der Waals surface area contributed by atoms with Gasteiger partial charge in [0.1, 0.15) is 0 Å². The van der Waals surface area contributed by atoms with Gasteiger partial charge in [-0.15, -0.1) is 12.4 Å². The molecule has 0 aliphatic heterocycles. The van der Waals surface area contributed by atoms with Crippen LogP contribution in [0, 0.1) is 0 Å². The number of aryl methyl sites for hydroxylation is 1. The summed E-state index contributed by atoms with van der Waals surface area (Å²) in [6, 6.07) is 6.55. The lowest BCUT2D eigenvalue weighted by atomic mass is 9.53. The van der Waals surface area contributed by atoms with Crippen molar-refractivity contribution in [2.75, 3.05) is 6.54 Å². The molecule has 0 bridgehead atoms. The summed E-state index contributed by atoms with van der Waals surface area (Å²) in [7, 11) is 0. The Bertz CT molecular complexity index is 491. The summed E-state index contributed by atoms with van der Waals surface area (Å²) in [5.74, 6) is 0. The molecule has 0 radical (unpaired) electrons. The third-order valence-electron chi connectivity index (χ3n) is 5.30. The van der Waals surface area contributed by atoms with Gasteiger partial charge in [-0.3, -0.25) is 0 Å². The number of rotatable bonds is 2. The summed E-state index contributed by atoms with van der Waals surface area (Å²) in [6.45, 7) is 0.647. The van der Waals surface area contributed by atoms with Crippen LogP contribution >= 0.6 is 28.3 Å². The van der Waals surface area contributed by atoms with E-state index in [-0.39, 0.29) is 17.8 Å². The molecule has 0 spiro atoms. The number of hydrogen-bond acceptors (Lipinski definition) is 2. The Kier molecular flexibility index (Phi) is 4.85. The molecule has 112 valence electrons. The van der Waals surface area contributed by atoms with Crippen LogP contribution in [0.5, 0.6) is 0 Å². The molecule has 20 heavy (non-hydrogen) atoms. The first kappa shape index (κ1) is 16.3. The van der Waals surface area contributed by atoms with E-state index in [1.807, 2.05) is 0 Å². The number of benzene rings is 1. The first-order valence-corrected chi connectivity index (χ1v) is 8.12. The molecule has 2 unspecified atom stereocenters. The highest BCUT2D eigenvalue weighted by molar-refractivity contribution is 9.10. The van der Waals surface area contributed by atoms with Crippen LogP contribution in [0.25, 0.3) is 0 Å². The minimum absolute atomic E-state index is 0. The second-order valence-electron chi connectivity index (χ2n) is 6.16. The number of hydrogen-bond donors (Lipinski definition) is 2. The van der Waals surface area contributed by atoms with Gasteiger partial charge in [0.25, 0.3) is 0 Å². The molecule has 3 rings (SSSR count). The van der Waals surface area contributed by atoms with Gasteiger partial charge in [-0.1, -0.05) is 34.8 Å². The normalized spacial score (nSPS) is 31.9. The van der Waals surface area contributed by atoms with E-state index in [4.69, 9.17) is 5.73 Å². The molecule has 1 aromatic carbocycles. The van der Waals surface area contributed by atoms with Crippen molar-refractivity contribution in [1.29, 1.82) is 0 Å². The Hall–Kier alpha value is -0.0900. The third-order valence-corrected chi connectivity index (χ3v) is 5.79. The predicted molar refractivity (Wildman–Crippen MR) is 88.5 cm³/mol. The van der Waals surface area contributed by atoms with Crippen molar-refractivity contribution in [3.8, 4) is 0 Å². The van der Waals surface area contributed by atoms with Crippen LogP contribution in [0.15, 0.2) is 22.7 Å². The smallest absolute Gasteiger partial charge is 0.0747 e. The van der Waals surface area contributed by atoms with Gasteiger partial charge in [0, 0.05) is 9.89 Å². The quantitative estimate of drug-likeness (QED) is 0.844. The minimum atomic E-state index is -0.543. The molecule has 2 nitrogen and oxygen atoms in total. The monoisotopic (exact) mass is 359 g/mol. The molecule has 1 saturated carbocycles. The molecule has 2 atom stereocenters. The number of fused-ring (bicyclic) bond motifs is 3. The van der Waals surface area contributed by atoms with Crippen molar-refractivity contribution in [3.05, 3.63) is 33.8 Å². The molecule has 2 aliphatic carbocycles. The van der Waals surface area contributed by atoms with Gasteiger partial charge in [-0.05, 0) is 61.9 Å². The van der Waals surface area contributed by atoms with Gasteiger partial charge in [0.2, 0.25) is 0 Å². The molecule has 0 aromatic heterocycles. The molecule has 1 fully saturated rings. The standard InChI is InChI=1S/C16H22BrNO.ClH/c17-13-4-3-12-5-8-16(19)7-2-1-6-15(16,9-10-18)14(12)11-13;/h3-4,11,19H,1-2,5-10,18H2;1H. The fourth-order valence-electron chi connectivity index (χ4n) is 4.36. The summed E-state index contributed by atoms with van der Waals surface area (Å²) in [5, 5.41) is 11.2. The molecule has 4 heteroatoms. The number of aliphatic hydroxyl groups is 1. The van der Waals surface area contributed by atoms with E-state index < -0.39 is 5.60 Å². The summed E-state index contributed by atoms with van der Waals surface area (Å²) >= 11 is 3.59. The van der Waals surface area contributed by atoms with Gasteiger partial charge in [0.05, 0.1) is 5.60 Å². The zero-order valence-electron chi connectivity index (χ0n) is 11.7. The predicted octanol–water partition coefficient (Wildman–Crippen LogP) is 3.71. The topological polar surface area (TPSA) is 46.2 Å². The van der Waals surface area contributed by atoms with Gasteiger partial charge in [0.15, 0.2) is 0 Å². The van der Waals surface area contributed by atoms with Gasteiger partial charge in [-0.2, -0.15) is 0 Å². The van der Waals surface area contributed by atoms with E-state index in [2.05, 4.69) is 34.1 Å². The van der Waals surface area contributed by atoms with Crippen LogP contribution in [0.2, 0.25) is 0 Å². The number of halogens is 2. The van der Waals surface area contributed by atoms with Gasteiger partial charge in [-0.25, -0.2) is 0 Å². The maximum atomic E-state index is 11.2. The third kappa shape index (κ3) is 2.33. The van der Waals surface area contributed by atoms with Crippen LogP contribution in [0.1, 0.15) is 49.7 Å². The van der Waals surface area contributed by atoms with E-state index in [0.29, 0.717) is 6.54 Å². The van der Waals surface area contributed by atoms with Crippen molar-refractivity contribution in [2.45, 2.75) is 56.0 Å². The summed E-state index contributed by atoms with van der Waals surface area (Å²) in [5.41, 5.74) is 7.99. The van der Waals surface area contributed by atoms with E-state index >= 15 is 0 Å². The first-order chi connectivity index (χ1) is 9.11. The second kappa shape index (κ2) is 5.96. The fraction of sp³-hybridized carbons (Fsp3) is 0.625. The average Bonchev–Trinajstić information content (AvgIpc) is 2.40. The molecule has 3 N–H and O–H groups in total. The van der Waals surface area contributed by atoms with Gasteiger partial charge >= 0.3 is 0 Å². The fourth-order valence-corrected chi connectivity index (χ4v) is 4.72. The second-order valence-corrected chi connectivity index (χ2v) is 7.08. The van der Waals surface area contributed by atoms with Crippen LogP contribution in [-0.2, 0) is 11.8 Å². The number of nitrogens with two attached hydrogens (primary N) is 1. The lowest BCUT2D eigenvalue weighted by Crippen LogP contribution is -2.57. The maximum absolute atomic E-state index is 11.2. The van der Waals surface area contributed by atoms with Crippen molar-refractivity contribution < 1.29 is 5.11 Å². The first-order valence-electron chi connectivity index (χ1n) is 7.33. The molecule has 1 aromatic rings. The van der Waals surface area contributed by atoms with E-state index in [0.717, 1.165) is 43.0 Å². The van der Waals surface area contributed by atoms with E-state index in [1.165, 1.54) is 17.5 Å². The molecular formula is C16H23BrClNO. The SMILES string of the molecule is Cl.NCCC12CCCCC1(O)CCc1ccc(Br)cc12. The summed E-state index contributed by atoms with van der Waals surface area (Å²) in [4.78, 5) is 0. The van der Waals surface area contributed by atoms with E-state index in [1.54, 1.807) is 0 Å². The zero-order chi connectivity index (χ0) is 13.5. The minimum Gasteiger partial charge on any atom is -0.389 e. The van der Waals surface area contributed by atoms with Crippen LogP contribution in [-0.4, -0.2) is 17.3 Å². The average molecular weight is 361 g/mol. The Balaban J connectivity index is 0.00000147. The van der Waals surface area contributed by atoms with Crippen molar-refractivity contribution in [3.63, 3.8) is 0 Å². The van der Waals surface area contributed by atoms with Crippen LogP contribution < -0.4 is 5.73 Å². The Morgan fingerprint density at radius 2 is 1.95 bits per heavy atom. The summed E-state index contributed by atoms with van der Waals surface area (Å²) in [6.07, 6.45) is 7.13. The molecular weight excluding hydrogens is 338 g/mol. The van der Waals surface area contributed by atoms with Crippen molar-refractivity contribution in [1.82, 2.24) is 0 Å². The lowest BCUT2D eigenvalue weighted by Gasteiger charge is -2.54. The molecule has 0 amide bonds. The molecule has 0 heterocycles. The highest BCUT2D eigenvalue weighted by atomic mass is 79.9. The molecule has 0 saturated heterocycles. The Labute approximate surface area is 135 Å². The Morgan fingerprint density at radius 3 is 2.70 bits per heavy atom. The molecule has 2 aliphatic rings. The lowest BCUT2D eigenvalue weighted by molar-refractivity contribution is -0.0862. The largest absolute Gasteiger partial charge is 0.389 e. The summed E-state index contributed by atoms with van der Waals surface area (Å²) < 4.78 is 1.11. The van der Waals surface area contributed by atoms with Crippen LogP contribution in [0.3, 0.4) is 0 Å². The van der Waals surface area contributed by atoms with Crippen molar-refractivity contribution in [2.24, 2.45) is 5.73 Å². The van der Waals surface area contributed by atoms with Crippen LogP contribution in [0.4, 0.5) is 0 Å².